The summed E-state index contributed by atoms with van der Waals surface area (Å²) >= 11 is 5.90. The number of guanidine groups is 1. The van der Waals surface area contributed by atoms with Gasteiger partial charge in [-0.2, -0.15) is 4.98 Å². The van der Waals surface area contributed by atoms with Crippen LogP contribution in [0.3, 0.4) is 0 Å². The molecule has 2 heterocycles. The van der Waals surface area contributed by atoms with E-state index in [9.17, 15) is 0 Å². The van der Waals surface area contributed by atoms with Gasteiger partial charge in [-0.05, 0) is 42.0 Å². The Balaban J connectivity index is 1.25. The SMILES string of the molecule is CN=C(NCCc1nc(-c2ccc(Cl)cc2)no1)NCc1ccc2c(c1)OCO2. The smallest absolute Gasteiger partial charge is 0.231 e. The van der Waals surface area contributed by atoms with Crippen LogP contribution in [0.15, 0.2) is 52.0 Å². The first-order chi connectivity index (χ1) is 14.2. The van der Waals surface area contributed by atoms with Gasteiger partial charge in [-0.1, -0.05) is 22.8 Å². The first kappa shape index (κ1) is 19.1. The Morgan fingerprint density at radius 3 is 2.76 bits per heavy atom. The maximum absolute atomic E-state index is 5.90. The third-order valence-electron chi connectivity index (χ3n) is 4.32. The van der Waals surface area contributed by atoms with E-state index in [2.05, 4.69) is 25.8 Å². The highest BCUT2D eigenvalue weighted by Crippen LogP contribution is 2.32. The van der Waals surface area contributed by atoms with Gasteiger partial charge in [0.1, 0.15) is 0 Å². The molecule has 3 aromatic rings. The molecule has 2 N–H and O–H groups in total. The molecular weight excluding hydrogens is 394 g/mol. The summed E-state index contributed by atoms with van der Waals surface area (Å²) in [6.45, 7) is 1.48. The van der Waals surface area contributed by atoms with Crippen molar-refractivity contribution in [3.8, 4) is 22.9 Å². The van der Waals surface area contributed by atoms with Crippen molar-refractivity contribution < 1.29 is 14.0 Å². The third kappa shape index (κ3) is 4.78. The summed E-state index contributed by atoms with van der Waals surface area (Å²) in [5.74, 6) is 3.31. The molecule has 1 aromatic heterocycles. The third-order valence-corrected chi connectivity index (χ3v) is 4.57. The second-order valence-corrected chi connectivity index (χ2v) is 6.75. The molecular formula is C20H20ClN5O3. The van der Waals surface area contributed by atoms with Gasteiger partial charge in [0.05, 0.1) is 0 Å². The van der Waals surface area contributed by atoms with E-state index in [1.165, 1.54) is 0 Å². The van der Waals surface area contributed by atoms with Crippen molar-refractivity contribution in [1.82, 2.24) is 20.8 Å². The summed E-state index contributed by atoms with van der Waals surface area (Å²) in [4.78, 5) is 8.64. The Labute approximate surface area is 172 Å². The zero-order valence-corrected chi connectivity index (χ0v) is 16.6. The molecule has 0 fully saturated rings. The number of aliphatic imine (C=N–C) groups is 1. The lowest BCUT2D eigenvalue weighted by molar-refractivity contribution is 0.174. The molecule has 0 radical (unpaired) electrons. The molecule has 9 heteroatoms. The van der Waals surface area contributed by atoms with E-state index < -0.39 is 0 Å². The van der Waals surface area contributed by atoms with Crippen LogP contribution in [0.25, 0.3) is 11.4 Å². The van der Waals surface area contributed by atoms with E-state index in [4.69, 9.17) is 25.6 Å². The van der Waals surface area contributed by atoms with Crippen LogP contribution in [0, 0.1) is 0 Å². The van der Waals surface area contributed by atoms with Crippen LogP contribution >= 0.6 is 11.6 Å². The summed E-state index contributed by atoms with van der Waals surface area (Å²) in [5.41, 5.74) is 1.93. The van der Waals surface area contributed by atoms with Crippen LogP contribution in [-0.4, -0.2) is 36.5 Å². The molecule has 0 unspecified atom stereocenters. The molecule has 0 saturated heterocycles. The zero-order chi connectivity index (χ0) is 20.1. The predicted octanol–water partition coefficient (Wildman–Crippen LogP) is 3.03. The Morgan fingerprint density at radius 1 is 1.10 bits per heavy atom. The molecule has 0 spiro atoms. The molecule has 29 heavy (non-hydrogen) atoms. The maximum atomic E-state index is 5.90. The van der Waals surface area contributed by atoms with Crippen molar-refractivity contribution in [3.05, 3.63) is 58.9 Å². The zero-order valence-electron chi connectivity index (χ0n) is 15.8. The van der Waals surface area contributed by atoms with Crippen molar-refractivity contribution in [2.75, 3.05) is 20.4 Å². The second kappa shape index (κ2) is 8.83. The lowest BCUT2D eigenvalue weighted by atomic mass is 10.2. The number of fused-ring (bicyclic) bond motifs is 1. The quantitative estimate of drug-likeness (QED) is 0.473. The number of nitrogens with one attached hydrogen (secondary N) is 2. The van der Waals surface area contributed by atoms with Crippen molar-refractivity contribution in [3.63, 3.8) is 0 Å². The van der Waals surface area contributed by atoms with E-state index in [0.717, 1.165) is 22.6 Å². The van der Waals surface area contributed by atoms with Gasteiger partial charge in [-0.3, -0.25) is 4.99 Å². The highest BCUT2D eigenvalue weighted by molar-refractivity contribution is 6.30. The van der Waals surface area contributed by atoms with Gasteiger partial charge >= 0.3 is 0 Å². The standard InChI is InChI=1S/C20H20ClN5O3/c1-22-20(24-11-13-2-7-16-17(10-13)28-12-27-16)23-9-8-18-25-19(26-29-18)14-3-5-15(21)6-4-14/h2-7,10H,8-9,11-12H2,1H3,(H2,22,23,24). The van der Waals surface area contributed by atoms with Crippen LogP contribution in [0.5, 0.6) is 11.5 Å². The van der Waals surface area contributed by atoms with Gasteiger partial charge in [0, 0.05) is 37.1 Å². The van der Waals surface area contributed by atoms with Crippen molar-refractivity contribution in [1.29, 1.82) is 0 Å². The fourth-order valence-electron chi connectivity index (χ4n) is 2.82. The van der Waals surface area contributed by atoms with E-state index in [-0.39, 0.29) is 6.79 Å². The summed E-state index contributed by atoms with van der Waals surface area (Å²) in [6.07, 6.45) is 0.575. The van der Waals surface area contributed by atoms with Crippen molar-refractivity contribution >= 4 is 17.6 Å². The lowest BCUT2D eigenvalue weighted by Crippen LogP contribution is -2.37. The summed E-state index contributed by atoms with van der Waals surface area (Å²) in [6, 6.07) is 13.2. The largest absolute Gasteiger partial charge is 0.454 e. The van der Waals surface area contributed by atoms with Crippen LogP contribution in [0.1, 0.15) is 11.5 Å². The minimum absolute atomic E-state index is 0.269. The monoisotopic (exact) mass is 413 g/mol. The number of hydrogen-bond donors (Lipinski definition) is 2. The number of aromatic nitrogens is 2. The number of benzene rings is 2. The molecule has 4 rings (SSSR count). The number of nitrogens with zero attached hydrogens (tertiary/aromatic N) is 3. The minimum Gasteiger partial charge on any atom is -0.454 e. The average Bonchev–Trinajstić information content (AvgIpc) is 3.40. The van der Waals surface area contributed by atoms with Gasteiger partial charge in [0.15, 0.2) is 17.5 Å². The Kier molecular flexibility index (Phi) is 5.81. The van der Waals surface area contributed by atoms with E-state index in [0.29, 0.717) is 42.2 Å². The van der Waals surface area contributed by atoms with Gasteiger partial charge in [-0.15, -0.1) is 0 Å². The highest BCUT2D eigenvalue weighted by Gasteiger charge is 2.13. The maximum Gasteiger partial charge on any atom is 0.231 e. The summed E-state index contributed by atoms with van der Waals surface area (Å²) in [7, 11) is 1.72. The molecule has 0 atom stereocenters. The number of rotatable bonds is 6. The Morgan fingerprint density at radius 2 is 1.93 bits per heavy atom. The number of halogens is 1. The summed E-state index contributed by atoms with van der Waals surface area (Å²) < 4.78 is 16.0. The molecule has 150 valence electrons. The fourth-order valence-corrected chi connectivity index (χ4v) is 2.94. The molecule has 0 aliphatic carbocycles. The van der Waals surface area contributed by atoms with Crippen LogP contribution < -0.4 is 20.1 Å². The van der Waals surface area contributed by atoms with Gasteiger partial charge in [0.2, 0.25) is 18.5 Å². The van der Waals surface area contributed by atoms with E-state index in [1.54, 1.807) is 19.2 Å². The normalized spacial score (nSPS) is 12.8. The molecule has 0 amide bonds. The minimum atomic E-state index is 0.269. The van der Waals surface area contributed by atoms with Crippen molar-refractivity contribution in [2.45, 2.75) is 13.0 Å². The second-order valence-electron chi connectivity index (χ2n) is 6.31. The fraction of sp³-hybridized carbons (Fsp3) is 0.250. The van der Waals surface area contributed by atoms with Crippen LogP contribution in [0.2, 0.25) is 5.02 Å². The Hall–Kier alpha value is -3.26. The number of hydrogen-bond acceptors (Lipinski definition) is 6. The lowest BCUT2D eigenvalue weighted by Gasteiger charge is -2.11. The van der Waals surface area contributed by atoms with Gasteiger partial charge < -0.3 is 24.6 Å². The van der Waals surface area contributed by atoms with E-state index in [1.807, 2.05) is 30.3 Å². The molecule has 8 nitrogen and oxygen atoms in total. The van der Waals surface area contributed by atoms with Gasteiger partial charge in [0.25, 0.3) is 0 Å². The molecule has 2 aromatic carbocycles. The highest BCUT2D eigenvalue weighted by atomic mass is 35.5. The molecule has 0 saturated carbocycles. The Bertz CT molecular complexity index is 1000. The van der Waals surface area contributed by atoms with Crippen LogP contribution in [-0.2, 0) is 13.0 Å². The predicted molar refractivity (Wildman–Crippen MR) is 109 cm³/mol. The molecule has 0 bridgehead atoms. The number of ether oxygens (including phenoxy) is 2. The molecule has 1 aliphatic heterocycles. The van der Waals surface area contributed by atoms with E-state index >= 15 is 0 Å². The molecule has 1 aliphatic rings. The first-order valence-electron chi connectivity index (χ1n) is 9.13. The van der Waals surface area contributed by atoms with Crippen molar-refractivity contribution in [2.24, 2.45) is 4.99 Å². The summed E-state index contributed by atoms with van der Waals surface area (Å²) in [5, 5.41) is 11.2. The average molecular weight is 414 g/mol. The first-order valence-corrected chi connectivity index (χ1v) is 9.50. The van der Waals surface area contributed by atoms with Gasteiger partial charge in [-0.25, -0.2) is 0 Å². The van der Waals surface area contributed by atoms with Crippen LogP contribution in [0.4, 0.5) is 0 Å². The topological polar surface area (TPSA) is 93.8 Å².